The van der Waals surface area contributed by atoms with E-state index in [0.717, 1.165) is 41.2 Å². The first kappa shape index (κ1) is 28.0. The minimum absolute atomic E-state index is 0.120. The van der Waals surface area contributed by atoms with E-state index in [9.17, 15) is 14.7 Å². The number of amides is 1. The fourth-order valence-corrected chi connectivity index (χ4v) is 5.47. The average molecular weight is 568 g/mol. The number of unbranched alkanes of at least 4 members (excludes halogenated alkanes) is 1. The fourth-order valence-electron chi connectivity index (χ4n) is 5.27. The molecule has 5 rings (SSSR count). The van der Waals surface area contributed by atoms with Gasteiger partial charge in [-0.3, -0.25) is 5.32 Å². The van der Waals surface area contributed by atoms with Gasteiger partial charge in [0.15, 0.2) is 5.75 Å². The van der Waals surface area contributed by atoms with Crippen molar-refractivity contribution >= 4 is 35.4 Å². The third kappa shape index (κ3) is 6.28. The van der Waals surface area contributed by atoms with Crippen molar-refractivity contribution in [3.63, 3.8) is 0 Å². The van der Waals surface area contributed by atoms with Crippen LogP contribution in [0.3, 0.4) is 0 Å². The van der Waals surface area contributed by atoms with E-state index in [1.165, 1.54) is 6.08 Å². The maximum Gasteiger partial charge on any atom is 0.412 e. The van der Waals surface area contributed by atoms with Crippen molar-refractivity contribution in [2.75, 3.05) is 5.32 Å². The fraction of sp³-hybridized carbons (Fsp3) is 0.176. The second-order valence-corrected chi connectivity index (χ2v) is 10.2. The Balaban J connectivity index is 1.49. The molecule has 4 aromatic rings. The Morgan fingerprint density at radius 2 is 1.56 bits per heavy atom. The first-order valence-corrected chi connectivity index (χ1v) is 14.0. The summed E-state index contributed by atoms with van der Waals surface area (Å²) in [6.45, 7) is 2.11. The molecule has 7 heteroatoms. The molecule has 4 aromatic carbocycles. The minimum Gasteiger partial charge on any atom is -0.478 e. The number of fused-ring (bicyclic) bond motifs is 3. The number of carbonyl (C=O) groups excluding carboxylic acids is 1. The number of benzene rings is 4. The topological polar surface area (TPSA) is 84.9 Å². The van der Waals surface area contributed by atoms with Crippen LogP contribution in [0.25, 0.3) is 17.2 Å². The first-order chi connectivity index (χ1) is 20.0. The molecule has 41 heavy (non-hydrogen) atoms. The number of aliphatic carboxylic acids is 1. The summed E-state index contributed by atoms with van der Waals surface area (Å²) in [6.07, 6.45) is 3.75. The van der Waals surface area contributed by atoms with E-state index in [-0.39, 0.29) is 22.4 Å². The minimum atomic E-state index is -1.13. The quantitative estimate of drug-likeness (QED) is 0.187. The van der Waals surface area contributed by atoms with E-state index in [4.69, 9.17) is 21.1 Å². The Morgan fingerprint density at radius 1 is 0.927 bits per heavy atom. The van der Waals surface area contributed by atoms with Crippen LogP contribution in [-0.4, -0.2) is 23.3 Å². The molecule has 6 nitrogen and oxygen atoms in total. The Morgan fingerprint density at radius 3 is 2.20 bits per heavy atom. The molecule has 0 saturated carbocycles. The summed E-state index contributed by atoms with van der Waals surface area (Å²) in [5.74, 6) is -0.558. The monoisotopic (exact) mass is 567 g/mol. The zero-order chi connectivity index (χ0) is 28.8. The van der Waals surface area contributed by atoms with Gasteiger partial charge in [0.2, 0.25) is 0 Å². The number of hydrogen-bond acceptors (Lipinski definition) is 4. The zero-order valence-electron chi connectivity index (χ0n) is 22.5. The third-order valence-electron chi connectivity index (χ3n) is 7.09. The normalized spacial score (nSPS) is 12.9. The molecule has 0 fully saturated rings. The van der Waals surface area contributed by atoms with E-state index in [1.54, 1.807) is 24.3 Å². The first-order valence-electron chi connectivity index (χ1n) is 13.6. The number of rotatable bonds is 10. The molecule has 0 aliphatic heterocycles. The molecule has 0 aromatic heterocycles. The van der Waals surface area contributed by atoms with Crippen molar-refractivity contribution in [1.29, 1.82) is 0 Å². The molecule has 0 bridgehead atoms. The maximum atomic E-state index is 13.6. The molecule has 1 unspecified atom stereocenters. The number of halogens is 1. The molecule has 1 atom stereocenters. The number of hydrogen-bond donors (Lipinski definition) is 2. The molecule has 0 spiro atoms. The molecular weight excluding hydrogens is 538 g/mol. The lowest BCUT2D eigenvalue weighted by Crippen LogP contribution is -2.28. The molecule has 0 saturated heterocycles. The molecule has 1 aliphatic rings. The lowest BCUT2D eigenvalue weighted by molar-refractivity contribution is -0.131. The van der Waals surface area contributed by atoms with Crippen LogP contribution in [0.15, 0.2) is 97.1 Å². The van der Waals surface area contributed by atoms with Crippen LogP contribution in [0.2, 0.25) is 5.02 Å². The van der Waals surface area contributed by atoms with Crippen LogP contribution >= 0.6 is 11.6 Å². The van der Waals surface area contributed by atoms with Crippen LogP contribution in [0.4, 0.5) is 10.5 Å². The molecule has 1 amide bonds. The van der Waals surface area contributed by atoms with Gasteiger partial charge in [-0.25, -0.2) is 9.59 Å². The van der Waals surface area contributed by atoms with Gasteiger partial charge >= 0.3 is 12.1 Å². The van der Waals surface area contributed by atoms with Crippen molar-refractivity contribution in [1.82, 2.24) is 0 Å². The Hall–Kier alpha value is -4.55. The SMILES string of the molecule is CCCCC(OC(=O)Nc1c(C=CC(=O)O)ccc(Cl)c1Oc1ccccc1)C1c2ccccc2-c2ccccc21. The van der Waals surface area contributed by atoms with Gasteiger partial charge in [-0.15, -0.1) is 0 Å². The van der Waals surface area contributed by atoms with E-state index in [2.05, 4.69) is 36.5 Å². The second-order valence-electron chi connectivity index (χ2n) is 9.79. The summed E-state index contributed by atoms with van der Waals surface area (Å²) in [6, 6.07) is 28.7. The van der Waals surface area contributed by atoms with Gasteiger partial charge in [-0.2, -0.15) is 0 Å². The van der Waals surface area contributed by atoms with E-state index < -0.39 is 18.2 Å². The largest absolute Gasteiger partial charge is 0.478 e. The van der Waals surface area contributed by atoms with Crippen LogP contribution in [-0.2, 0) is 9.53 Å². The highest BCUT2D eigenvalue weighted by atomic mass is 35.5. The molecule has 2 N–H and O–H groups in total. The summed E-state index contributed by atoms with van der Waals surface area (Å²) >= 11 is 6.53. The highest BCUT2D eigenvalue weighted by Gasteiger charge is 2.36. The van der Waals surface area contributed by atoms with Crippen molar-refractivity contribution in [2.45, 2.75) is 38.2 Å². The summed E-state index contributed by atoms with van der Waals surface area (Å²) in [5, 5.41) is 12.3. The van der Waals surface area contributed by atoms with Gasteiger partial charge in [-0.1, -0.05) is 104 Å². The number of carboxylic acids is 1. The second kappa shape index (κ2) is 12.7. The molecule has 1 aliphatic carbocycles. The number of ether oxygens (including phenoxy) is 2. The summed E-state index contributed by atoms with van der Waals surface area (Å²) in [5.41, 5.74) is 5.17. The van der Waals surface area contributed by atoms with Crippen LogP contribution in [0, 0.1) is 0 Å². The highest BCUT2D eigenvalue weighted by Crippen LogP contribution is 2.48. The lowest BCUT2D eigenvalue weighted by atomic mass is 9.88. The van der Waals surface area contributed by atoms with Crippen molar-refractivity contribution in [2.24, 2.45) is 0 Å². The molecular formula is C34H30ClNO5. The standard InChI is InChI=1S/C34H30ClNO5/c1-2-3-17-29(31-26-15-9-7-13-24(26)25-14-8-10-16-27(25)31)41-34(39)36-32-22(19-21-30(37)38)18-20-28(35)33(32)40-23-11-5-4-6-12-23/h4-16,18-21,29,31H,2-3,17H2,1H3,(H,36,39)(H,37,38). The summed E-state index contributed by atoms with van der Waals surface area (Å²) in [7, 11) is 0. The highest BCUT2D eigenvalue weighted by molar-refractivity contribution is 6.32. The van der Waals surface area contributed by atoms with Crippen molar-refractivity contribution in [3.8, 4) is 22.6 Å². The van der Waals surface area contributed by atoms with Crippen molar-refractivity contribution in [3.05, 3.63) is 119 Å². The van der Waals surface area contributed by atoms with E-state index in [1.807, 2.05) is 42.5 Å². The Bertz CT molecular complexity index is 1540. The third-order valence-corrected chi connectivity index (χ3v) is 7.39. The lowest BCUT2D eigenvalue weighted by Gasteiger charge is -2.26. The van der Waals surface area contributed by atoms with Gasteiger partial charge in [-0.05, 0) is 52.9 Å². The van der Waals surface area contributed by atoms with Crippen LogP contribution in [0.1, 0.15) is 48.8 Å². The van der Waals surface area contributed by atoms with Gasteiger partial charge in [0, 0.05) is 17.6 Å². The molecule has 208 valence electrons. The van der Waals surface area contributed by atoms with Gasteiger partial charge in [0.05, 0.1) is 10.7 Å². The number of carbonyl (C=O) groups is 2. The van der Waals surface area contributed by atoms with E-state index >= 15 is 0 Å². The molecule has 0 heterocycles. The van der Waals surface area contributed by atoms with Gasteiger partial charge in [0.25, 0.3) is 0 Å². The average Bonchev–Trinajstić information content (AvgIpc) is 3.31. The number of anilines is 1. The zero-order valence-corrected chi connectivity index (χ0v) is 23.3. The summed E-state index contributed by atoms with van der Waals surface area (Å²) in [4.78, 5) is 24.9. The predicted octanol–water partition coefficient (Wildman–Crippen LogP) is 9.15. The smallest absolute Gasteiger partial charge is 0.412 e. The van der Waals surface area contributed by atoms with Gasteiger partial charge < -0.3 is 14.6 Å². The maximum absolute atomic E-state index is 13.6. The van der Waals surface area contributed by atoms with E-state index in [0.29, 0.717) is 17.7 Å². The van der Waals surface area contributed by atoms with Crippen LogP contribution < -0.4 is 10.1 Å². The Kier molecular flexibility index (Phi) is 8.70. The predicted molar refractivity (Wildman–Crippen MR) is 162 cm³/mol. The molecule has 0 radical (unpaired) electrons. The van der Waals surface area contributed by atoms with Crippen LogP contribution in [0.5, 0.6) is 11.5 Å². The number of nitrogens with one attached hydrogen (secondary N) is 1. The number of carboxylic acid groups (broad SMARTS) is 1. The number of para-hydroxylation sites is 1. The summed E-state index contributed by atoms with van der Waals surface area (Å²) < 4.78 is 12.3. The van der Waals surface area contributed by atoms with Crippen molar-refractivity contribution < 1.29 is 24.2 Å². The van der Waals surface area contributed by atoms with Gasteiger partial charge in [0.1, 0.15) is 11.9 Å². The Labute approximate surface area is 244 Å².